The Balaban J connectivity index is 2.27. The SMILES string of the molecule is Cc1cncc(C(C)(O)C2CCOC2)c1. The average Bonchev–Trinajstić information content (AvgIpc) is 2.71. The van der Waals surface area contributed by atoms with Crippen molar-refractivity contribution in [3.05, 3.63) is 29.6 Å². The van der Waals surface area contributed by atoms with Gasteiger partial charge in [0.05, 0.1) is 12.2 Å². The Labute approximate surface area is 90.1 Å². The monoisotopic (exact) mass is 207 g/mol. The van der Waals surface area contributed by atoms with E-state index in [4.69, 9.17) is 4.74 Å². The van der Waals surface area contributed by atoms with Gasteiger partial charge in [0.1, 0.15) is 0 Å². The van der Waals surface area contributed by atoms with Crippen LogP contribution in [0.2, 0.25) is 0 Å². The Morgan fingerprint density at radius 3 is 2.93 bits per heavy atom. The van der Waals surface area contributed by atoms with Gasteiger partial charge in [-0.1, -0.05) is 6.07 Å². The molecular weight excluding hydrogens is 190 g/mol. The lowest BCUT2D eigenvalue weighted by atomic mass is 9.83. The standard InChI is InChI=1S/C12H17NO2/c1-9-5-11(7-13-6-9)12(2,14)10-3-4-15-8-10/h5-7,10,14H,3-4,8H2,1-2H3. The number of pyridine rings is 1. The van der Waals surface area contributed by atoms with Crippen LogP contribution >= 0.6 is 0 Å². The Hall–Kier alpha value is -0.930. The van der Waals surface area contributed by atoms with Gasteiger partial charge in [0.25, 0.3) is 0 Å². The first-order valence-corrected chi connectivity index (χ1v) is 5.33. The summed E-state index contributed by atoms with van der Waals surface area (Å²) in [5.41, 5.74) is 1.14. The molecule has 1 N–H and O–H groups in total. The summed E-state index contributed by atoms with van der Waals surface area (Å²) < 4.78 is 5.31. The summed E-state index contributed by atoms with van der Waals surface area (Å²) >= 11 is 0. The summed E-state index contributed by atoms with van der Waals surface area (Å²) in [6.45, 7) is 5.22. The first-order valence-electron chi connectivity index (χ1n) is 5.33. The van der Waals surface area contributed by atoms with E-state index in [0.717, 1.165) is 24.2 Å². The maximum atomic E-state index is 10.5. The molecule has 1 aliphatic rings. The summed E-state index contributed by atoms with van der Waals surface area (Å²) in [6.07, 6.45) is 4.46. The molecule has 1 aromatic rings. The van der Waals surface area contributed by atoms with E-state index in [0.29, 0.717) is 6.61 Å². The van der Waals surface area contributed by atoms with Crippen molar-refractivity contribution >= 4 is 0 Å². The van der Waals surface area contributed by atoms with Crippen LogP contribution in [0.15, 0.2) is 18.5 Å². The minimum atomic E-state index is -0.824. The minimum Gasteiger partial charge on any atom is -0.385 e. The number of aliphatic hydroxyl groups is 1. The third kappa shape index (κ3) is 2.03. The lowest BCUT2D eigenvalue weighted by Gasteiger charge is -2.29. The molecule has 0 saturated carbocycles. The smallest absolute Gasteiger partial charge is 0.0934 e. The zero-order valence-corrected chi connectivity index (χ0v) is 9.23. The fraction of sp³-hybridized carbons (Fsp3) is 0.583. The third-order valence-corrected chi connectivity index (χ3v) is 3.18. The molecule has 1 fully saturated rings. The molecule has 2 atom stereocenters. The normalized spacial score (nSPS) is 25.1. The van der Waals surface area contributed by atoms with E-state index in [9.17, 15) is 5.11 Å². The van der Waals surface area contributed by atoms with E-state index in [1.165, 1.54) is 0 Å². The molecule has 2 heterocycles. The molecular formula is C12H17NO2. The average molecular weight is 207 g/mol. The molecule has 0 amide bonds. The van der Waals surface area contributed by atoms with E-state index in [-0.39, 0.29) is 5.92 Å². The second kappa shape index (κ2) is 3.91. The highest BCUT2D eigenvalue weighted by Crippen LogP contribution is 2.34. The first-order chi connectivity index (χ1) is 7.10. The van der Waals surface area contributed by atoms with Crippen LogP contribution in [-0.2, 0) is 10.3 Å². The van der Waals surface area contributed by atoms with Gasteiger partial charge in [0.15, 0.2) is 0 Å². The molecule has 2 rings (SSSR count). The number of hydrogen-bond donors (Lipinski definition) is 1. The van der Waals surface area contributed by atoms with Crippen LogP contribution < -0.4 is 0 Å². The summed E-state index contributed by atoms with van der Waals surface area (Å²) in [5, 5.41) is 10.5. The largest absolute Gasteiger partial charge is 0.385 e. The van der Waals surface area contributed by atoms with Crippen molar-refractivity contribution in [2.45, 2.75) is 25.9 Å². The van der Waals surface area contributed by atoms with Crippen molar-refractivity contribution in [3.63, 3.8) is 0 Å². The van der Waals surface area contributed by atoms with Gasteiger partial charge in [-0.3, -0.25) is 4.98 Å². The lowest BCUT2D eigenvalue weighted by molar-refractivity contribution is -0.0100. The van der Waals surface area contributed by atoms with E-state index in [1.807, 2.05) is 19.9 Å². The van der Waals surface area contributed by atoms with Crippen molar-refractivity contribution in [3.8, 4) is 0 Å². The number of rotatable bonds is 2. The molecule has 0 aromatic carbocycles. The van der Waals surface area contributed by atoms with Crippen LogP contribution in [0.3, 0.4) is 0 Å². The van der Waals surface area contributed by atoms with Crippen molar-refractivity contribution in [1.29, 1.82) is 0 Å². The van der Waals surface area contributed by atoms with E-state index < -0.39 is 5.60 Å². The molecule has 1 saturated heterocycles. The number of aromatic nitrogens is 1. The van der Waals surface area contributed by atoms with Gasteiger partial charge in [-0.15, -0.1) is 0 Å². The summed E-state index contributed by atoms with van der Waals surface area (Å²) in [5.74, 6) is 0.182. The predicted molar refractivity (Wildman–Crippen MR) is 57.5 cm³/mol. The van der Waals surface area contributed by atoms with Crippen LogP contribution in [0.5, 0.6) is 0 Å². The van der Waals surface area contributed by atoms with Gasteiger partial charge in [0, 0.05) is 30.5 Å². The molecule has 0 aliphatic carbocycles. The molecule has 1 aliphatic heterocycles. The van der Waals surface area contributed by atoms with Crippen molar-refractivity contribution in [2.24, 2.45) is 5.92 Å². The summed E-state index contributed by atoms with van der Waals surface area (Å²) in [6, 6.07) is 1.99. The number of aryl methyl sites for hydroxylation is 1. The number of nitrogens with zero attached hydrogens (tertiary/aromatic N) is 1. The fourth-order valence-corrected chi connectivity index (χ4v) is 2.05. The molecule has 3 heteroatoms. The van der Waals surface area contributed by atoms with E-state index in [2.05, 4.69) is 4.98 Å². The highest BCUT2D eigenvalue weighted by Gasteiger charge is 2.36. The van der Waals surface area contributed by atoms with Crippen molar-refractivity contribution < 1.29 is 9.84 Å². The maximum Gasteiger partial charge on any atom is 0.0934 e. The van der Waals surface area contributed by atoms with Crippen LogP contribution in [0.4, 0.5) is 0 Å². The van der Waals surface area contributed by atoms with Gasteiger partial charge in [-0.2, -0.15) is 0 Å². The van der Waals surface area contributed by atoms with Crippen molar-refractivity contribution in [1.82, 2.24) is 4.98 Å². The van der Waals surface area contributed by atoms with E-state index >= 15 is 0 Å². The predicted octanol–water partition coefficient (Wildman–Crippen LogP) is 1.63. The van der Waals surface area contributed by atoms with Crippen LogP contribution in [0, 0.1) is 12.8 Å². The molecule has 0 spiro atoms. The fourth-order valence-electron chi connectivity index (χ4n) is 2.05. The molecule has 0 bridgehead atoms. The summed E-state index contributed by atoms with van der Waals surface area (Å²) in [4.78, 5) is 4.12. The number of hydrogen-bond acceptors (Lipinski definition) is 3. The summed E-state index contributed by atoms with van der Waals surface area (Å²) in [7, 11) is 0. The Morgan fingerprint density at radius 1 is 1.53 bits per heavy atom. The first kappa shape index (κ1) is 10.6. The zero-order chi connectivity index (χ0) is 10.9. The van der Waals surface area contributed by atoms with Gasteiger partial charge in [0.2, 0.25) is 0 Å². The second-order valence-electron chi connectivity index (χ2n) is 4.46. The molecule has 82 valence electrons. The molecule has 15 heavy (non-hydrogen) atoms. The maximum absolute atomic E-state index is 10.5. The Bertz CT molecular complexity index is 343. The van der Waals surface area contributed by atoms with E-state index in [1.54, 1.807) is 12.4 Å². The Kier molecular flexibility index (Phi) is 2.76. The molecule has 3 nitrogen and oxygen atoms in total. The molecule has 1 aromatic heterocycles. The van der Waals surface area contributed by atoms with Gasteiger partial charge in [-0.05, 0) is 25.8 Å². The molecule has 0 radical (unpaired) electrons. The van der Waals surface area contributed by atoms with Gasteiger partial charge in [-0.25, -0.2) is 0 Å². The minimum absolute atomic E-state index is 0.182. The van der Waals surface area contributed by atoms with Crippen molar-refractivity contribution in [2.75, 3.05) is 13.2 Å². The second-order valence-corrected chi connectivity index (χ2v) is 4.46. The Morgan fingerprint density at radius 2 is 2.33 bits per heavy atom. The van der Waals surface area contributed by atoms with Gasteiger partial charge < -0.3 is 9.84 Å². The zero-order valence-electron chi connectivity index (χ0n) is 9.23. The quantitative estimate of drug-likeness (QED) is 0.801. The highest BCUT2D eigenvalue weighted by atomic mass is 16.5. The third-order valence-electron chi connectivity index (χ3n) is 3.18. The van der Waals surface area contributed by atoms with Crippen LogP contribution in [0.1, 0.15) is 24.5 Å². The van der Waals surface area contributed by atoms with Gasteiger partial charge >= 0.3 is 0 Å². The van der Waals surface area contributed by atoms with Crippen LogP contribution in [0.25, 0.3) is 0 Å². The van der Waals surface area contributed by atoms with Crippen LogP contribution in [-0.4, -0.2) is 23.3 Å². The molecule has 2 unspecified atom stereocenters. The topological polar surface area (TPSA) is 42.4 Å². The lowest BCUT2D eigenvalue weighted by Crippen LogP contribution is -2.32. The number of ether oxygens (including phenoxy) is 1. The highest BCUT2D eigenvalue weighted by molar-refractivity contribution is 5.23.